The molecule has 5 aliphatic rings. The van der Waals surface area contributed by atoms with Gasteiger partial charge in [0.05, 0.1) is 17.0 Å². The number of likely N-dealkylation sites (tertiary alicyclic amines) is 2. The third kappa shape index (κ3) is 3.14. The van der Waals surface area contributed by atoms with Crippen LogP contribution in [0.5, 0.6) is 0 Å². The van der Waals surface area contributed by atoms with Crippen LogP contribution < -0.4 is 0 Å². The van der Waals surface area contributed by atoms with E-state index in [2.05, 4.69) is 40.7 Å². The van der Waals surface area contributed by atoms with Crippen LogP contribution in [0.1, 0.15) is 60.3 Å². The number of amides is 2. The Hall–Kier alpha value is -2.18. The first-order valence-corrected chi connectivity index (χ1v) is 11.8. The third-order valence-electron chi connectivity index (χ3n) is 7.89. The maximum atomic E-state index is 13.7. The topological polar surface area (TPSA) is 56.3 Å². The van der Waals surface area contributed by atoms with Crippen LogP contribution >= 0.6 is 0 Å². The number of allylic oxidation sites excluding steroid dienone is 2. The summed E-state index contributed by atoms with van der Waals surface area (Å²) < 4.78 is 5.53. The van der Waals surface area contributed by atoms with Gasteiger partial charge in [0.2, 0.25) is 5.91 Å². The number of ether oxygens (including phenoxy) is 1. The first-order valence-electron chi connectivity index (χ1n) is 11.8. The van der Waals surface area contributed by atoms with Crippen molar-refractivity contribution in [1.29, 1.82) is 0 Å². The van der Waals surface area contributed by atoms with Crippen LogP contribution in [-0.4, -0.2) is 81.5 Å². The fraction of sp³-hybridized carbons (Fsp3) is 0.750. The van der Waals surface area contributed by atoms with Gasteiger partial charge in [-0.15, -0.1) is 0 Å². The molecule has 2 bridgehead atoms. The van der Waals surface area contributed by atoms with Crippen LogP contribution in [0, 0.1) is 5.41 Å². The smallest absolute Gasteiger partial charge is 0.410 e. The molecule has 0 aliphatic carbocycles. The van der Waals surface area contributed by atoms with Crippen molar-refractivity contribution in [1.82, 2.24) is 19.6 Å². The molecule has 2 amide bonds. The molecule has 0 aromatic carbocycles. The number of carbonyl (C=O) groups excluding carboxylic acids is 2. The van der Waals surface area contributed by atoms with Gasteiger partial charge in [-0.25, -0.2) is 4.79 Å². The van der Waals surface area contributed by atoms with Crippen molar-refractivity contribution >= 4 is 12.0 Å². The Morgan fingerprint density at radius 1 is 1.06 bits per heavy atom. The molecule has 1 atom stereocenters. The molecule has 0 saturated carbocycles. The van der Waals surface area contributed by atoms with Crippen molar-refractivity contribution in [3.63, 3.8) is 0 Å². The second kappa shape index (κ2) is 6.66. The predicted molar refractivity (Wildman–Crippen MR) is 118 cm³/mol. The molecule has 4 fully saturated rings. The highest BCUT2D eigenvalue weighted by Crippen LogP contribution is 2.48. The molecule has 5 heterocycles. The zero-order chi connectivity index (χ0) is 22.2. The van der Waals surface area contributed by atoms with E-state index in [1.165, 1.54) is 12.2 Å². The minimum Gasteiger partial charge on any atom is -0.444 e. The summed E-state index contributed by atoms with van der Waals surface area (Å²) in [5, 5.41) is 0. The summed E-state index contributed by atoms with van der Waals surface area (Å²) in [6, 6.07) is 0.550. The van der Waals surface area contributed by atoms with E-state index >= 15 is 0 Å². The van der Waals surface area contributed by atoms with Crippen LogP contribution in [-0.2, 0) is 9.53 Å². The molecule has 7 heteroatoms. The molecule has 5 aliphatic heterocycles. The number of piperidine rings is 1. The lowest BCUT2D eigenvalue weighted by Gasteiger charge is -2.49. The van der Waals surface area contributed by atoms with Gasteiger partial charge >= 0.3 is 6.09 Å². The number of hydrogen-bond acceptors (Lipinski definition) is 5. The summed E-state index contributed by atoms with van der Waals surface area (Å²) in [5.74, 6) is 1.56. The summed E-state index contributed by atoms with van der Waals surface area (Å²) in [5.41, 5.74) is 0.0970. The summed E-state index contributed by atoms with van der Waals surface area (Å²) >= 11 is 0. The summed E-state index contributed by atoms with van der Waals surface area (Å²) in [4.78, 5) is 35.0. The normalized spacial score (nSPS) is 28.8. The largest absolute Gasteiger partial charge is 0.444 e. The third-order valence-corrected chi connectivity index (χ3v) is 7.89. The monoisotopic (exact) mass is 428 g/mol. The van der Waals surface area contributed by atoms with Crippen molar-refractivity contribution in [2.45, 2.75) is 77.5 Å². The second-order valence-corrected chi connectivity index (χ2v) is 11.3. The van der Waals surface area contributed by atoms with Crippen molar-refractivity contribution in [3.05, 3.63) is 23.7 Å². The first-order chi connectivity index (χ1) is 14.5. The standard InChI is InChI=1S/C24H36N4O3/c1-22(2,3)31-21(30)25-13-9-24(10-14-25)11-15-27(20(24)29)18-6-7-19-26-12-8-17(16-26)28(19)23(18,4)5/h6-7,17H,8-16H2,1-5H3/t17-/m0/s1. The molecule has 5 rings (SSSR count). The van der Waals surface area contributed by atoms with E-state index in [0.29, 0.717) is 19.1 Å². The Morgan fingerprint density at radius 3 is 2.42 bits per heavy atom. The van der Waals surface area contributed by atoms with E-state index in [-0.39, 0.29) is 23.0 Å². The van der Waals surface area contributed by atoms with Crippen molar-refractivity contribution in [3.8, 4) is 0 Å². The number of fused-ring (bicyclic) bond motifs is 5. The highest BCUT2D eigenvalue weighted by molar-refractivity contribution is 5.87. The molecule has 170 valence electrons. The highest BCUT2D eigenvalue weighted by Gasteiger charge is 2.55. The van der Waals surface area contributed by atoms with Crippen molar-refractivity contribution < 1.29 is 14.3 Å². The number of hydrogen-bond donors (Lipinski definition) is 0. The predicted octanol–water partition coefficient (Wildman–Crippen LogP) is 3.14. The van der Waals surface area contributed by atoms with E-state index in [4.69, 9.17) is 4.74 Å². The van der Waals surface area contributed by atoms with Crippen molar-refractivity contribution in [2.24, 2.45) is 5.41 Å². The highest BCUT2D eigenvalue weighted by atomic mass is 16.6. The van der Waals surface area contributed by atoms with Gasteiger partial charge in [-0.3, -0.25) is 4.79 Å². The first kappa shape index (κ1) is 20.7. The maximum absolute atomic E-state index is 13.7. The Morgan fingerprint density at radius 2 is 1.74 bits per heavy atom. The van der Waals surface area contributed by atoms with Gasteiger partial charge in [0.15, 0.2) is 0 Å². The molecule has 4 saturated heterocycles. The number of rotatable bonds is 1. The Balaban J connectivity index is 1.30. The summed E-state index contributed by atoms with van der Waals surface area (Å²) in [6.45, 7) is 14.4. The lowest BCUT2D eigenvalue weighted by molar-refractivity contribution is -0.137. The molecule has 0 unspecified atom stereocenters. The molecular formula is C24H36N4O3. The molecule has 0 aromatic heterocycles. The zero-order valence-corrected chi connectivity index (χ0v) is 19.6. The average molecular weight is 429 g/mol. The molecule has 0 radical (unpaired) electrons. The van der Waals surface area contributed by atoms with E-state index in [1.807, 2.05) is 20.8 Å². The van der Waals surface area contributed by atoms with Gasteiger partial charge in [-0.05, 0) is 72.5 Å². The summed E-state index contributed by atoms with van der Waals surface area (Å²) in [6.07, 6.45) is 7.63. The maximum Gasteiger partial charge on any atom is 0.410 e. The van der Waals surface area contributed by atoms with Gasteiger partial charge in [0.1, 0.15) is 11.4 Å². The molecule has 31 heavy (non-hydrogen) atoms. The molecule has 0 N–H and O–H groups in total. The van der Waals surface area contributed by atoms with Gasteiger partial charge in [-0.2, -0.15) is 0 Å². The number of nitrogens with zero attached hydrogens (tertiary/aromatic N) is 4. The summed E-state index contributed by atoms with van der Waals surface area (Å²) in [7, 11) is 0. The Kier molecular flexibility index (Phi) is 4.45. The average Bonchev–Trinajstić information content (AvgIpc) is 3.37. The van der Waals surface area contributed by atoms with Gasteiger partial charge in [-0.1, -0.05) is 0 Å². The molecule has 1 spiro atoms. The quantitative estimate of drug-likeness (QED) is 0.642. The van der Waals surface area contributed by atoms with E-state index in [1.54, 1.807) is 4.90 Å². The van der Waals surface area contributed by atoms with Crippen LogP contribution in [0.15, 0.2) is 23.7 Å². The lowest BCUT2D eigenvalue weighted by Crippen LogP contribution is -2.55. The Labute approximate surface area is 185 Å². The zero-order valence-electron chi connectivity index (χ0n) is 19.6. The fourth-order valence-corrected chi connectivity index (χ4v) is 6.29. The molecule has 7 nitrogen and oxygen atoms in total. The number of carbonyl (C=O) groups is 2. The van der Waals surface area contributed by atoms with Crippen molar-refractivity contribution in [2.75, 3.05) is 32.7 Å². The van der Waals surface area contributed by atoms with E-state index < -0.39 is 5.60 Å². The van der Waals surface area contributed by atoms with Crippen LogP contribution in [0.2, 0.25) is 0 Å². The molecule has 0 aromatic rings. The minimum atomic E-state index is -0.497. The lowest BCUT2D eigenvalue weighted by atomic mass is 9.77. The fourth-order valence-electron chi connectivity index (χ4n) is 6.29. The second-order valence-electron chi connectivity index (χ2n) is 11.3. The molecular weight excluding hydrogens is 392 g/mol. The van der Waals surface area contributed by atoms with Gasteiger partial charge in [0.25, 0.3) is 0 Å². The SMILES string of the molecule is CC(C)(C)OC(=O)N1CCC2(CC1)CCN(C1=CC=C3N4CC[C@@H](C4)N3C1(C)C)C2=O. The minimum absolute atomic E-state index is 0.192. The Bertz CT molecular complexity index is 861. The van der Waals surface area contributed by atoms with Crippen LogP contribution in [0.3, 0.4) is 0 Å². The van der Waals surface area contributed by atoms with E-state index in [0.717, 1.165) is 44.6 Å². The van der Waals surface area contributed by atoms with Gasteiger partial charge < -0.3 is 24.3 Å². The van der Waals surface area contributed by atoms with Crippen LogP contribution in [0.4, 0.5) is 4.79 Å². The van der Waals surface area contributed by atoms with E-state index in [9.17, 15) is 9.59 Å². The van der Waals surface area contributed by atoms with Crippen LogP contribution in [0.25, 0.3) is 0 Å². The van der Waals surface area contributed by atoms with Gasteiger partial charge in [0, 0.05) is 38.4 Å².